The lowest BCUT2D eigenvalue weighted by Crippen LogP contribution is -2.26. The molecule has 0 aliphatic carbocycles. The molecule has 2 N–H and O–H groups in total. The third-order valence-corrected chi connectivity index (χ3v) is 4.55. The van der Waals surface area contributed by atoms with Crippen LogP contribution in [0.5, 0.6) is 0 Å². The second kappa shape index (κ2) is 6.76. The van der Waals surface area contributed by atoms with Gasteiger partial charge in [0.1, 0.15) is 4.88 Å². The number of thiophene rings is 1. The summed E-state index contributed by atoms with van der Waals surface area (Å²) in [6.45, 7) is 0.192. The fourth-order valence-corrected chi connectivity index (χ4v) is 3.19. The Kier molecular flexibility index (Phi) is 4.52. The number of benzene rings is 1. The minimum absolute atomic E-state index is 0.179. The number of alkyl halides is 1. The van der Waals surface area contributed by atoms with E-state index in [2.05, 4.69) is 10.3 Å². The van der Waals surface area contributed by atoms with Crippen molar-refractivity contribution in [3.63, 3.8) is 0 Å². The number of carbonyl (C=O) groups is 2. The van der Waals surface area contributed by atoms with Gasteiger partial charge in [-0.15, -0.1) is 11.3 Å². The Hall–Kier alpha value is -2.80. The van der Waals surface area contributed by atoms with Crippen molar-refractivity contribution in [1.82, 2.24) is 10.3 Å². The molecule has 0 aliphatic rings. The molecule has 1 unspecified atom stereocenters. The largest absolute Gasteiger partial charge is 0.477 e. The van der Waals surface area contributed by atoms with E-state index in [-0.39, 0.29) is 17.0 Å². The average molecular weight is 344 g/mol. The number of halogens is 1. The summed E-state index contributed by atoms with van der Waals surface area (Å²) >= 11 is 1.05. The van der Waals surface area contributed by atoms with Crippen LogP contribution in [0.4, 0.5) is 4.39 Å². The number of carboxylic acids is 1. The maximum absolute atomic E-state index is 14.4. The van der Waals surface area contributed by atoms with Gasteiger partial charge in [0.15, 0.2) is 0 Å². The predicted octanol–water partition coefficient (Wildman–Crippen LogP) is 3.32. The number of rotatable bonds is 5. The SMILES string of the molecule is O=C(O)c1cc2ccc(C(F)C(=O)NCc3cccnc3)cc2s1. The summed E-state index contributed by atoms with van der Waals surface area (Å²) in [6.07, 6.45) is 1.39. The number of fused-ring (bicyclic) bond motifs is 1. The molecule has 0 fully saturated rings. The number of carboxylic acid groups (broad SMARTS) is 1. The summed E-state index contributed by atoms with van der Waals surface area (Å²) in [5.41, 5.74) is 0.975. The molecular formula is C17H13FN2O3S. The Morgan fingerprint density at radius 1 is 1.29 bits per heavy atom. The van der Waals surface area contributed by atoms with Crippen molar-refractivity contribution in [3.05, 3.63) is 64.8 Å². The minimum Gasteiger partial charge on any atom is -0.477 e. The monoisotopic (exact) mass is 344 g/mol. The van der Waals surface area contributed by atoms with Crippen LogP contribution in [0.25, 0.3) is 10.1 Å². The first-order chi connectivity index (χ1) is 11.5. The number of nitrogens with one attached hydrogen (secondary N) is 1. The lowest BCUT2D eigenvalue weighted by molar-refractivity contribution is -0.126. The van der Waals surface area contributed by atoms with Crippen molar-refractivity contribution in [2.75, 3.05) is 0 Å². The van der Waals surface area contributed by atoms with Crippen molar-refractivity contribution >= 4 is 33.3 Å². The molecule has 2 aromatic heterocycles. The molecule has 0 bridgehead atoms. The lowest BCUT2D eigenvalue weighted by Gasteiger charge is -2.10. The topological polar surface area (TPSA) is 79.3 Å². The number of aromatic carboxylic acids is 1. The van der Waals surface area contributed by atoms with E-state index in [1.807, 2.05) is 0 Å². The Balaban J connectivity index is 1.73. The van der Waals surface area contributed by atoms with E-state index in [0.29, 0.717) is 10.1 Å². The molecule has 24 heavy (non-hydrogen) atoms. The number of amides is 1. The maximum atomic E-state index is 14.4. The van der Waals surface area contributed by atoms with Gasteiger partial charge >= 0.3 is 5.97 Å². The van der Waals surface area contributed by atoms with E-state index in [0.717, 1.165) is 16.9 Å². The number of pyridine rings is 1. The van der Waals surface area contributed by atoms with Gasteiger partial charge in [-0.05, 0) is 34.7 Å². The second-order valence-corrected chi connectivity index (χ2v) is 6.24. The van der Waals surface area contributed by atoms with E-state index < -0.39 is 18.0 Å². The van der Waals surface area contributed by atoms with E-state index >= 15 is 0 Å². The highest BCUT2D eigenvalue weighted by atomic mass is 32.1. The van der Waals surface area contributed by atoms with Crippen LogP contribution in [0.15, 0.2) is 48.8 Å². The normalized spacial score (nSPS) is 12.0. The predicted molar refractivity (Wildman–Crippen MR) is 88.7 cm³/mol. The Morgan fingerprint density at radius 2 is 2.12 bits per heavy atom. The van der Waals surface area contributed by atoms with Gasteiger partial charge in [-0.2, -0.15) is 0 Å². The molecule has 0 spiro atoms. The summed E-state index contributed by atoms with van der Waals surface area (Å²) in [7, 11) is 0. The Labute approximate surface area is 140 Å². The molecule has 0 saturated heterocycles. The summed E-state index contributed by atoms with van der Waals surface area (Å²) in [5.74, 6) is -1.77. The zero-order valence-corrected chi connectivity index (χ0v) is 13.2. The molecule has 1 atom stereocenters. The molecule has 1 aromatic carbocycles. The third kappa shape index (κ3) is 3.41. The van der Waals surface area contributed by atoms with Crippen LogP contribution >= 0.6 is 11.3 Å². The van der Waals surface area contributed by atoms with Crippen LogP contribution in [-0.2, 0) is 11.3 Å². The van der Waals surface area contributed by atoms with Crippen LogP contribution in [0.2, 0.25) is 0 Å². The molecule has 1 amide bonds. The third-order valence-electron chi connectivity index (χ3n) is 3.47. The highest BCUT2D eigenvalue weighted by Gasteiger charge is 2.20. The van der Waals surface area contributed by atoms with Crippen LogP contribution in [0.1, 0.15) is 27.0 Å². The molecule has 0 aliphatic heterocycles. The molecule has 7 heteroatoms. The first-order valence-electron chi connectivity index (χ1n) is 7.12. The summed E-state index contributed by atoms with van der Waals surface area (Å²) in [5, 5.41) is 12.2. The number of nitrogens with zero attached hydrogens (tertiary/aromatic N) is 1. The minimum atomic E-state index is -1.82. The molecule has 122 valence electrons. The number of hydrogen-bond acceptors (Lipinski definition) is 4. The fourth-order valence-electron chi connectivity index (χ4n) is 2.24. The van der Waals surface area contributed by atoms with Gasteiger partial charge in [0.2, 0.25) is 6.17 Å². The summed E-state index contributed by atoms with van der Waals surface area (Å²) < 4.78 is 15.0. The summed E-state index contributed by atoms with van der Waals surface area (Å²) in [6, 6.07) is 9.68. The quantitative estimate of drug-likeness (QED) is 0.744. The first kappa shape index (κ1) is 16.1. The molecule has 3 aromatic rings. The Morgan fingerprint density at radius 3 is 2.83 bits per heavy atom. The van der Waals surface area contributed by atoms with Gasteiger partial charge in [-0.25, -0.2) is 9.18 Å². The standard InChI is InChI=1S/C17H13FN2O3S/c18-15(16(21)20-9-10-2-1-5-19-8-10)12-4-3-11-6-14(17(22)23)24-13(11)7-12/h1-8,15H,9H2,(H,20,21)(H,22,23). The van der Waals surface area contributed by atoms with Crippen LogP contribution in [0.3, 0.4) is 0 Å². The number of hydrogen-bond donors (Lipinski definition) is 2. The van der Waals surface area contributed by atoms with Gasteiger partial charge < -0.3 is 10.4 Å². The van der Waals surface area contributed by atoms with Gasteiger partial charge in [0.05, 0.1) is 0 Å². The average Bonchev–Trinajstić information content (AvgIpc) is 3.03. The fraction of sp³-hybridized carbons (Fsp3) is 0.118. The van der Waals surface area contributed by atoms with Gasteiger partial charge in [0, 0.05) is 23.6 Å². The van der Waals surface area contributed by atoms with E-state index in [4.69, 9.17) is 5.11 Å². The molecule has 3 rings (SSSR count). The smallest absolute Gasteiger partial charge is 0.345 e. The van der Waals surface area contributed by atoms with Crippen molar-refractivity contribution in [2.24, 2.45) is 0 Å². The zero-order chi connectivity index (χ0) is 17.1. The second-order valence-electron chi connectivity index (χ2n) is 5.15. The summed E-state index contributed by atoms with van der Waals surface area (Å²) in [4.78, 5) is 27.1. The molecule has 2 heterocycles. The van der Waals surface area contributed by atoms with E-state index in [1.165, 1.54) is 18.2 Å². The first-order valence-corrected chi connectivity index (χ1v) is 7.94. The molecular weight excluding hydrogens is 331 g/mol. The van der Waals surface area contributed by atoms with Crippen molar-refractivity contribution in [2.45, 2.75) is 12.7 Å². The van der Waals surface area contributed by atoms with Crippen molar-refractivity contribution in [3.8, 4) is 0 Å². The van der Waals surface area contributed by atoms with Crippen LogP contribution in [0, 0.1) is 0 Å². The number of carbonyl (C=O) groups excluding carboxylic acids is 1. The van der Waals surface area contributed by atoms with Crippen molar-refractivity contribution < 1.29 is 19.1 Å². The van der Waals surface area contributed by atoms with Gasteiger partial charge in [-0.3, -0.25) is 9.78 Å². The van der Waals surface area contributed by atoms with Crippen LogP contribution < -0.4 is 5.32 Å². The lowest BCUT2D eigenvalue weighted by atomic mass is 10.1. The maximum Gasteiger partial charge on any atom is 0.345 e. The van der Waals surface area contributed by atoms with Crippen molar-refractivity contribution in [1.29, 1.82) is 0 Å². The van der Waals surface area contributed by atoms with Crippen LogP contribution in [-0.4, -0.2) is 22.0 Å². The molecule has 0 saturated carbocycles. The van der Waals surface area contributed by atoms with Gasteiger partial charge in [0.25, 0.3) is 5.91 Å². The molecule has 0 radical (unpaired) electrons. The zero-order valence-electron chi connectivity index (χ0n) is 12.4. The van der Waals surface area contributed by atoms with Gasteiger partial charge in [-0.1, -0.05) is 18.2 Å². The molecule has 5 nitrogen and oxygen atoms in total. The highest BCUT2D eigenvalue weighted by Crippen LogP contribution is 2.29. The Bertz CT molecular complexity index is 895. The van der Waals surface area contributed by atoms with E-state index in [1.54, 1.807) is 30.6 Å². The highest BCUT2D eigenvalue weighted by molar-refractivity contribution is 7.20. The number of aromatic nitrogens is 1. The van der Waals surface area contributed by atoms with E-state index in [9.17, 15) is 14.0 Å².